The molecule has 1 heterocycles. The Balaban J connectivity index is 1.55. The molecule has 0 fully saturated rings. The summed E-state index contributed by atoms with van der Waals surface area (Å²) in [6.45, 7) is 1.47. The molecule has 27 heavy (non-hydrogen) atoms. The molecule has 1 amide bonds. The Bertz CT molecular complexity index is 977. The molecule has 2 aromatic carbocycles. The van der Waals surface area contributed by atoms with Gasteiger partial charge in [-0.1, -0.05) is 57.2 Å². The largest absolute Gasteiger partial charge is 0.330 e. The van der Waals surface area contributed by atoms with E-state index in [1.54, 1.807) is 24.3 Å². The number of aromatic nitrogens is 2. The zero-order chi connectivity index (χ0) is 19.2. The molecule has 2 N–H and O–H groups in total. The molecule has 0 bridgehead atoms. The lowest BCUT2D eigenvalue weighted by molar-refractivity contribution is -0.113. The number of nitrogens with zero attached hydrogens (tertiary/aromatic N) is 2. The average Bonchev–Trinajstić information content (AvgIpc) is 3.08. The van der Waals surface area contributed by atoms with Crippen molar-refractivity contribution in [1.29, 1.82) is 0 Å². The Morgan fingerprint density at radius 3 is 2.74 bits per heavy atom. The van der Waals surface area contributed by atoms with Crippen LogP contribution in [0.5, 0.6) is 0 Å². The van der Waals surface area contributed by atoms with Gasteiger partial charge in [0.25, 0.3) is 0 Å². The Morgan fingerprint density at radius 1 is 1.15 bits per heavy atom. The summed E-state index contributed by atoms with van der Waals surface area (Å²) >= 11 is 6.09. The number of carbonyl (C=O) groups is 2. The number of halogens is 1. The van der Waals surface area contributed by atoms with Gasteiger partial charge in [-0.3, -0.25) is 9.59 Å². The zero-order valence-electron chi connectivity index (χ0n) is 14.2. The number of hydrogen-bond donors (Lipinski definition) is 2. The number of hydrogen-bond acceptors (Lipinski definition) is 7. The van der Waals surface area contributed by atoms with Crippen molar-refractivity contribution in [2.45, 2.75) is 11.3 Å². The number of carbonyl (C=O) groups excluding carboxylic acids is 2. The van der Waals surface area contributed by atoms with E-state index in [1.165, 1.54) is 30.0 Å². The molecule has 0 aliphatic heterocycles. The molecule has 138 valence electrons. The SMILES string of the molecule is CC(=O)c1ccccc1NC(=O)CSc1nnc(Nc2cccc(Br)c2)s1. The van der Waals surface area contributed by atoms with Crippen molar-refractivity contribution >= 4 is 67.2 Å². The highest BCUT2D eigenvalue weighted by molar-refractivity contribution is 9.10. The number of Topliss-reactive ketones (excluding diaryl/α,β-unsaturated/α-hetero) is 1. The number of thioether (sulfide) groups is 1. The first-order valence-electron chi connectivity index (χ1n) is 7.90. The second-order valence-electron chi connectivity index (χ2n) is 5.45. The lowest BCUT2D eigenvalue weighted by Gasteiger charge is -2.08. The lowest BCUT2D eigenvalue weighted by atomic mass is 10.1. The highest BCUT2D eigenvalue weighted by atomic mass is 79.9. The third-order valence-corrected chi connectivity index (χ3v) is 5.85. The van der Waals surface area contributed by atoms with E-state index in [4.69, 9.17) is 0 Å². The fraction of sp³-hybridized carbons (Fsp3) is 0.111. The van der Waals surface area contributed by atoms with Crippen LogP contribution in [0.1, 0.15) is 17.3 Å². The number of anilines is 3. The van der Waals surface area contributed by atoms with Crippen molar-refractivity contribution in [2.75, 3.05) is 16.4 Å². The third kappa shape index (κ3) is 5.62. The molecule has 0 atom stereocenters. The van der Waals surface area contributed by atoms with Gasteiger partial charge in [0.05, 0.1) is 11.4 Å². The lowest BCUT2D eigenvalue weighted by Crippen LogP contribution is -2.16. The standard InChI is InChI=1S/C18H15BrN4O2S2/c1-11(24)14-7-2-3-8-15(14)21-16(25)10-26-18-23-22-17(27-18)20-13-6-4-5-12(19)9-13/h2-9H,10H2,1H3,(H,20,22)(H,21,25). The summed E-state index contributed by atoms with van der Waals surface area (Å²) in [5.41, 5.74) is 1.91. The average molecular weight is 463 g/mol. The first-order valence-corrected chi connectivity index (χ1v) is 10.5. The van der Waals surface area contributed by atoms with E-state index in [-0.39, 0.29) is 17.4 Å². The van der Waals surface area contributed by atoms with Crippen molar-refractivity contribution in [3.8, 4) is 0 Å². The third-order valence-electron chi connectivity index (χ3n) is 3.39. The summed E-state index contributed by atoms with van der Waals surface area (Å²) in [6, 6.07) is 14.7. The predicted molar refractivity (Wildman–Crippen MR) is 113 cm³/mol. The maximum atomic E-state index is 12.2. The summed E-state index contributed by atoms with van der Waals surface area (Å²) in [7, 11) is 0. The molecule has 9 heteroatoms. The van der Waals surface area contributed by atoms with Crippen LogP contribution in [-0.4, -0.2) is 27.6 Å². The van der Waals surface area contributed by atoms with E-state index in [0.29, 0.717) is 20.7 Å². The fourth-order valence-electron chi connectivity index (χ4n) is 2.22. The summed E-state index contributed by atoms with van der Waals surface area (Å²) in [5.74, 6) is -0.117. The van der Waals surface area contributed by atoms with E-state index in [1.807, 2.05) is 24.3 Å². The van der Waals surface area contributed by atoms with Gasteiger partial charge in [0, 0.05) is 15.7 Å². The molecule has 0 spiro atoms. The number of rotatable bonds is 7. The Labute approximate surface area is 172 Å². The van der Waals surface area contributed by atoms with E-state index in [9.17, 15) is 9.59 Å². The van der Waals surface area contributed by atoms with E-state index >= 15 is 0 Å². The number of nitrogens with one attached hydrogen (secondary N) is 2. The number of ketones is 1. The van der Waals surface area contributed by atoms with Crippen LogP contribution in [0, 0.1) is 0 Å². The van der Waals surface area contributed by atoms with E-state index in [2.05, 4.69) is 36.8 Å². The van der Waals surface area contributed by atoms with Crippen LogP contribution in [0.25, 0.3) is 0 Å². The second-order valence-corrected chi connectivity index (χ2v) is 8.56. The highest BCUT2D eigenvalue weighted by Crippen LogP contribution is 2.28. The summed E-state index contributed by atoms with van der Waals surface area (Å²) in [6.07, 6.45) is 0. The van der Waals surface area contributed by atoms with Gasteiger partial charge in [0.2, 0.25) is 11.0 Å². The van der Waals surface area contributed by atoms with Gasteiger partial charge in [0.15, 0.2) is 10.1 Å². The van der Waals surface area contributed by atoms with Gasteiger partial charge in [-0.15, -0.1) is 10.2 Å². The molecule has 3 rings (SSSR count). The van der Waals surface area contributed by atoms with Crippen molar-refractivity contribution in [3.63, 3.8) is 0 Å². The van der Waals surface area contributed by atoms with Crippen molar-refractivity contribution in [3.05, 3.63) is 58.6 Å². The summed E-state index contributed by atoms with van der Waals surface area (Å²) in [4.78, 5) is 23.8. The minimum absolute atomic E-state index is 0.0917. The van der Waals surface area contributed by atoms with Gasteiger partial charge in [0.1, 0.15) is 0 Å². The molecule has 1 aromatic heterocycles. The van der Waals surface area contributed by atoms with Gasteiger partial charge >= 0.3 is 0 Å². The van der Waals surface area contributed by atoms with Crippen molar-refractivity contribution < 1.29 is 9.59 Å². The summed E-state index contributed by atoms with van der Waals surface area (Å²) in [5, 5.41) is 14.8. The van der Waals surface area contributed by atoms with Gasteiger partial charge in [-0.2, -0.15) is 0 Å². The molecule has 0 unspecified atom stereocenters. The Morgan fingerprint density at radius 2 is 1.96 bits per heavy atom. The van der Waals surface area contributed by atoms with Gasteiger partial charge < -0.3 is 10.6 Å². The maximum Gasteiger partial charge on any atom is 0.234 e. The van der Waals surface area contributed by atoms with Gasteiger partial charge in [-0.25, -0.2) is 0 Å². The van der Waals surface area contributed by atoms with Crippen LogP contribution < -0.4 is 10.6 Å². The van der Waals surface area contributed by atoms with Gasteiger partial charge in [-0.05, 0) is 37.3 Å². The molecule has 0 radical (unpaired) electrons. The fourth-order valence-corrected chi connectivity index (χ4v) is 4.19. The molecule has 0 aliphatic rings. The molecule has 3 aromatic rings. The molecule has 0 aliphatic carbocycles. The summed E-state index contributed by atoms with van der Waals surface area (Å²) < 4.78 is 1.65. The molecule has 6 nitrogen and oxygen atoms in total. The highest BCUT2D eigenvalue weighted by Gasteiger charge is 2.12. The van der Waals surface area contributed by atoms with Crippen LogP contribution in [-0.2, 0) is 4.79 Å². The quantitative estimate of drug-likeness (QED) is 0.380. The van der Waals surface area contributed by atoms with Crippen LogP contribution in [0.3, 0.4) is 0 Å². The van der Waals surface area contributed by atoms with Crippen LogP contribution in [0.2, 0.25) is 0 Å². The minimum Gasteiger partial charge on any atom is -0.330 e. The molecular weight excluding hydrogens is 448 g/mol. The number of amides is 1. The monoisotopic (exact) mass is 462 g/mol. The van der Waals surface area contributed by atoms with E-state index in [0.717, 1.165) is 10.2 Å². The van der Waals surface area contributed by atoms with Crippen molar-refractivity contribution in [2.24, 2.45) is 0 Å². The Kier molecular flexibility index (Phi) is 6.59. The topological polar surface area (TPSA) is 84.0 Å². The van der Waals surface area contributed by atoms with Crippen LogP contribution in [0.15, 0.2) is 57.3 Å². The van der Waals surface area contributed by atoms with Crippen molar-refractivity contribution in [1.82, 2.24) is 10.2 Å². The molecular formula is C18H15BrN4O2S2. The number of benzene rings is 2. The first-order chi connectivity index (χ1) is 13.0. The van der Waals surface area contributed by atoms with E-state index < -0.39 is 0 Å². The molecule has 0 saturated heterocycles. The normalized spacial score (nSPS) is 10.4. The molecule has 0 saturated carbocycles. The Hall–Kier alpha value is -2.23. The first kappa shape index (κ1) is 19.5. The van der Waals surface area contributed by atoms with Crippen LogP contribution >= 0.6 is 39.0 Å². The predicted octanol–water partition coefficient (Wildman–Crippen LogP) is 4.98. The zero-order valence-corrected chi connectivity index (χ0v) is 17.5. The number of para-hydroxylation sites is 1. The minimum atomic E-state index is -0.203. The maximum absolute atomic E-state index is 12.2. The van der Waals surface area contributed by atoms with Crippen LogP contribution in [0.4, 0.5) is 16.5 Å². The second kappa shape index (κ2) is 9.12. The smallest absolute Gasteiger partial charge is 0.234 e.